The molecule has 2 rings (SSSR count). The monoisotopic (exact) mass is 472 g/mol. The lowest BCUT2D eigenvalue weighted by atomic mass is 9.79. The third-order valence-corrected chi connectivity index (χ3v) is 6.50. The van der Waals surface area contributed by atoms with Crippen LogP contribution in [0, 0.1) is 17.3 Å². The molecule has 2 aliphatic rings. The highest BCUT2D eigenvalue weighted by Crippen LogP contribution is 2.41. The molecule has 1 aliphatic carbocycles. The van der Waals surface area contributed by atoms with Crippen molar-refractivity contribution in [1.82, 2.24) is 20.4 Å². The fourth-order valence-electron chi connectivity index (χ4n) is 5.22. The molecule has 8 nitrogen and oxygen atoms in total. The Kier molecular flexibility index (Phi) is 11.0. The topological polar surface area (TPSA) is 83.1 Å². The van der Waals surface area contributed by atoms with E-state index in [1.54, 1.807) is 0 Å². The van der Waals surface area contributed by atoms with Gasteiger partial charge in [-0.3, -0.25) is 9.69 Å². The van der Waals surface area contributed by atoms with Crippen LogP contribution in [0.3, 0.4) is 0 Å². The Labute approximate surface area is 198 Å². The predicted molar refractivity (Wildman–Crippen MR) is 127 cm³/mol. The predicted octanol–water partition coefficient (Wildman–Crippen LogP) is 2.63. The van der Waals surface area contributed by atoms with Gasteiger partial charge in [0, 0.05) is 45.6 Å². The number of ether oxygens (including phenoxy) is 2. The standard InChI is InChI=1S/C24H45FN4O4/c1-6-29(22(31)27-17-23(2,3)18-28(4)5)21(30)20(16-26-11-10-25)14-19-8-7-9-24(15-19)32-12-13-33-24/h19-20,26H,6-18H2,1-5H3,(H,27,31)/t19-,20-/m1/s1. The first kappa shape index (κ1) is 28.0. The van der Waals surface area contributed by atoms with Crippen LogP contribution in [0.15, 0.2) is 0 Å². The summed E-state index contributed by atoms with van der Waals surface area (Å²) in [5, 5.41) is 5.98. The Morgan fingerprint density at radius 3 is 2.55 bits per heavy atom. The molecule has 0 unspecified atom stereocenters. The Morgan fingerprint density at radius 2 is 1.94 bits per heavy atom. The minimum Gasteiger partial charge on any atom is -0.348 e. The van der Waals surface area contributed by atoms with Crippen molar-refractivity contribution in [3.8, 4) is 0 Å². The number of hydrogen-bond donors (Lipinski definition) is 2. The number of hydrogen-bond acceptors (Lipinski definition) is 6. The van der Waals surface area contributed by atoms with E-state index in [2.05, 4.69) is 29.4 Å². The molecule has 1 spiro atoms. The second-order valence-corrected chi connectivity index (χ2v) is 10.5. The van der Waals surface area contributed by atoms with Gasteiger partial charge in [0.1, 0.15) is 6.67 Å². The fourth-order valence-corrected chi connectivity index (χ4v) is 5.22. The van der Waals surface area contributed by atoms with Gasteiger partial charge in [-0.05, 0) is 45.2 Å². The Balaban J connectivity index is 2.02. The number of nitrogens with one attached hydrogen (secondary N) is 2. The van der Waals surface area contributed by atoms with E-state index in [0.717, 1.165) is 32.2 Å². The normalized spacial score (nSPS) is 21.4. The zero-order valence-electron chi connectivity index (χ0n) is 21.3. The summed E-state index contributed by atoms with van der Waals surface area (Å²) < 4.78 is 24.5. The summed E-state index contributed by atoms with van der Waals surface area (Å²) in [6.45, 7) is 8.84. The number of carbonyl (C=O) groups is 2. The number of imide groups is 1. The summed E-state index contributed by atoms with van der Waals surface area (Å²) in [7, 11) is 4.00. The maximum Gasteiger partial charge on any atom is 0.324 e. The molecule has 3 amide bonds. The van der Waals surface area contributed by atoms with Crippen LogP contribution < -0.4 is 10.6 Å². The van der Waals surface area contributed by atoms with Crippen molar-refractivity contribution in [3.63, 3.8) is 0 Å². The van der Waals surface area contributed by atoms with Crippen LogP contribution in [0.2, 0.25) is 0 Å². The summed E-state index contributed by atoms with van der Waals surface area (Å²) >= 11 is 0. The van der Waals surface area contributed by atoms with Crippen molar-refractivity contribution in [2.45, 2.75) is 58.7 Å². The minimum atomic E-state index is -0.511. The van der Waals surface area contributed by atoms with Gasteiger partial charge in [-0.15, -0.1) is 0 Å². The summed E-state index contributed by atoms with van der Waals surface area (Å²) in [5.74, 6) is -0.861. The van der Waals surface area contributed by atoms with Crippen LogP contribution in [0.25, 0.3) is 0 Å². The molecule has 0 aromatic heterocycles. The Hall–Kier alpha value is -1.29. The van der Waals surface area contributed by atoms with Gasteiger partial charge in [-0.1, -0.05) is 20.3 Å². The highest BCUT2D eigenvalue weighted by molar-refractivity contribution is 5.95. The maximum atomic E-state index is 13.5. The van der Waals surface area contributed by atoms with Gasteiger partial charge < -0.3 is 25.0 Å². The van der Waals surface area contributed by atoms with Crippen molar-refractivity contribution in [2.24, 2.45) is 17.3 Å². The lowest BCUT2D eigenvalue weighted by molar-refractivity contribution is -0.188. The molecule has 192 valence electrons. The highest BCUT2D eigenvalue weighted by Gasteiger charge is 2.42. The molecule has 9 heteroatoms. The summed E-state index contributed by atoms with van der Waals surface area (Å²) in [6.07, 6.45) is 4.26. The van der Waals surface area contributed by atoms with Crippen LogP contribution >= 0.6 is 0 Å². The third kappa shape index (κ3) is 8.77. The summed E-state index contributed by atoms with van der Waals surface area (Å²) in [6, 6.07) is -0.368. The van der Waals surface area contributed by atoms with Gasteiger partial charge >= 0.3 is 6.03 Å². The van der Waals surface area contributed by atoms with E-state index in [0.29, 0.717) is 39.3 Å². The molecule has 1 saturated carbocycles. The van der Waals surface area contributed by atoms with Crippen LogP contribution in [-0.2, 0) is 14.3 Å². The molecule has 1 saturated heterocycles. The van der Waals surface area contributed by atoms with Crippen molar-refractivity contribution >= 4 is 11.9 Å². The van der Waals surface area contributed by atoms with E-state index in [9.17, 15) is 14.0 Å². The molecular weight excluding hydrogens is 427 g/mol. The molecule has 1 heterocycles. The van der Waals surface area contributed by atoms with E-state index in [1.807, 2.05) is 21.0 Å². The van der Waals surface area contributed by atoms with Gasteiger partial charge in [-0.25, -0.2) is 9.18 Å². The number of amides is 3. The average Bonchev–Trinajstić information content (AvgIpc) is 3.18. The van der Waals surface area contributed by atoms with E-state index >= 15 is 0 Å². The molecule has 1 aliphatic heterocycles. The molecule has 0 bridgehead atoms. The first-order valence-electron chi connectivity index (χ1n) is 12.4. The second-order valence-electron chi connectivity index (χ2n) is 10.5. The number of rotatable bonds is 12. The molecule has 0 aromatic rings. The number of urea groups is 1. The molecule has 0 aromatic carbocycles. The molecule has 2 fully saturated rings. The Bertz CT molecular complexity index is 626. The van der Waals surface area contributed by atoms with Crippen LogP contribution in [0.5, 0.6) is 0 Å². The van der Waals surface area contributed by atoms with E-state index < -0.39 is 18.4 Å². The number of carbonyl (C=O) groups excluding carboxylic acids is 2. The summed E-state index contributed by atoms with van der Waals surface area (Å²) in [4.78, 5) is 29.8. The second kappa shape index (κ2) is 13.0. The smallest absolute Gasteiger partial charge is 0.324 e. The zero-order valence-corrected chi connectivity index (χ0v) is 21.3. The number of alkyl halides is 1. The lowest BCUT2D eigenvalue weighted by Gasteiger charge is -2.38. The zero-order chi connectivity index (χ0) is 24.5. The SMILES string of the molecule is CCN(C(=O)NCC(C)(C)CN(C)C)C(=O)[C@@H](CNCCF)C[C@H]1CCCC2(C1)OCCO2. The molecule has 2 N–H and O–H groups in total. The van der Waals surface area contributed by atoms with E-state index in [4.69, 9.17) is 9.47 Å². The highest BCUT2D eigenvalue weighted by atomic mass is 19.1. The quantitative estimate of drug-likeness (QED) is 0.425. The van der Waals surface area contributed by atoms with Crippen molar-refractivity contribution in [2.75, 3.05) is 66.7 Å². The van der Waals surface area contributed by atoms with Crippen molar-refractivity contribution < 1.29 is 23.5 Å². The lowest BCUT2D eigenvalue weighted by Crippen LogP contribution is -2.51. The van der Waals surface area contributed by atoms with Crippen molar-refractivity contribution in [1.29, 1.82) is 0 Å². The molecule has 2 atom stereocenters. The van der Waals surface area contributed by atoms with Crippen LogP contribution in [0.4, 0.5) is 9.18 Å². The Morgan fingerprint density at radius 1 is 1.24 bits per heavy atom. The van der Waals surface area contributed by atoms with Crippen LogP contribution in [0.1, 0.15) is 52.9 Å². The first-order chi connectivity index (χ1) is 15.6. The first-order valence-corrected chi connectivity index (χ1v) is 12.4. The van der Waals surface area contributed by atoms with Gasteiger partial charge in [0.05, 0.1) is 19.1 Å². The van der Waals surface area contributed by atoms with Gasteiger partial charge in [0.15, 0.2) is 5.79 Å². The van der Waals surface area contributed by atoms with Crippen molar-refractivity contribution in [3.05, 3.63) is 0 Å². The molecule has 33 heavy (non-hydrogen) atoms. The van der Waals surface area contributed by atoms with E-state index in [-0.39, 0.29) is 29.8 Å². The minimum absolute atomic E-state index is 0.124. The largest absolute Gasteiger partial charge is 0.348 e. The van der Waals surface area contributed by atoms with Gasteiger partial charge in [0.2, 0.25) is 5.91 Å². The summed E-state index contributed by atoms with van der Waals surface area (Å²) in [5.41, 5.74) is -0.124. The number of nitrogens with zero attached hydrogens (tertiary/aromatic N) is 2. The van der Waals surface area contributed by atoms with Gasteiger partial charge in [-0.2, -0.15) is 0 Å². The fraction of sp³-hybridized carbons (Fsp3) is 0.917. The van der Waals surface area contributed by atoms with Gasteiger partial charge in [0.25, 0.3) is 0 Å². The van der Waals surface area contributed by atoms with Crippen LogP contribution in [-0.4, -0.2) is 94.2 Å². The number of halogens is 1. The maximum absolute atomic E-state index is 13.5. The molecular formula is C24H45FN4O4. The average molecular weight is 473 g/mol. The third-order valence-electron chi connectivity index (χ3n) is 6.50. The molecule has 0 radical (unpaired) electrons. The van der Waals surface area contributed by atoms with E-state index in [1.165, 1.54) is 4.90 Å².